The second-order valence-electron chi connectivity index (χ2n) is 5.35. The van der Waals surface area contributed by atoms with Crippen molar-refractivity contribution in [2.75, 3.05) is 25.5 Å². The SMILES string of the molecule is CNc1ccc(C)cc1C(=O)N(CCC#N)CC(C)C. The number of amides is 1. The Balaban J connectivity index is 3.04. The van der Waals surface area contributed by atoms with Crippen LogP contribution in [0.1, 0.15) is 36.2 Å². The van der Waals surface area contributed by atoms with Crippen LogP contribution in [0.5, 0.6) is 0 Å². The maximum atomic E-state index is 12.7. The summed E-state index contributed by atoms with van der Waals surface area (Å²) in [6.07, 6.45) is 0.360. The van der Waals surface area contributed by atoms with Crippen molar-refractivity contribution in [3.05, 3.63) is 29.3 Å². The third-order valence-corrected chi connectivity index (χ3v) is 3.04. The Morgan fingerprint density at radius 1 is 1.45 bits per heavy atom. The zero-order valence-electron chi connectivity index (χ0n) is 12.7. The number of nitrogens with one attached hydrogen (secondary N) is 1. The standard InChI is InChI=1S/C16H23N3O/c1-12(2)11-19(9-5-8-17)16(20)14-10-13(3)6-7-15(14)18-4/h6-7,10,12,18H,5,9,11H2,1-4H3. The van der Waals surface area contributed by atoms with E-state index < -0.39 is 0 Å². The van der Waals surface area contributed by atoms with Crippen molar-refractivity contribution < 1.29 is 4.79 Å². The molecule has 0 saturated carbocycles. The topological polar surface area (TPSA) is 56.1 Å². The normalized spacial score (nSPS) is 10.2. The fraction of sp³-hybridized carbons (Fsp3) is 0.500. The second-order valence-corrected chi connectivity index (χ2v) is 5.35. The van der Waals surface area contributed by atoms with Crippen LogP contribution in [-0.4, -0.2) is 30.9 Å². The van der Waals surface area contributed by atoms with Gasteiger partial charge in [0.05, 0.1) is 18.1 Å². The molecule has 1 aromatic rings. The third-order valence-electron chi connectivity index (χ3n) is 3.04. The molecule has 4 heteroatoms. The van der Waals surface area contributed by atoms with Gasteiger partial charge in [0.25, 0.3) is 5.91 Å². The van der Waals surface area contributed by atoms with E-state index in [0.29, 0.717) is 31.0 Å². The average molecular weight is 273 g/mol. The first-order valence-corrected chi connectivity index (χ1v) is 6.94. The third kappa shape index (κ3) is 4.27. The Kier molecular flexibility index (Phi) is 6.05. The lowest BCUT2D eigenvalue weighted by Crippen LogP contribution is -2.35. The molecule has 1 N–H and O–H groups in total. The molecule has 0 aromatic heterocycles. The number of carbonyl (C=O) groups excluding carboxylic acids is 1. The highest BCUT2D eigenvalue weighted by atomic mass is 16.2. The van der Waals surface area contributed by atoms with Crippen molar-refractivity contribution >= 4 is 11.6 Å². The fourth-order valence-electron chi connectivity index (χ4n) is 2.12. The minimum atomic E-state index is -0.0120. The summed E-state index contributed by atoms with van der Waals surface area (Å²) in [5.74, 6) is 0.363. The molecule has 1 amide bonds. The van der Waals surface area contributed by atoms with Crippen LogP contribution >= 0.6 is 0 Å². The fourth-order valence-corrected chi connectivity index (χ4v) is 2.12. The van der Waals surface area contributed by atoms with Crippen molar-refractivity contribution in [2.24, 2.45) is 5.92 Å². The van der Waals surface area contributed by atoms with Gasteiger partial charge < -0.3 is 10.2 Å². The average Bonchev–Trinajstić information content (AvgIpc) is 2.42. The van der Waals surface area contributed by atoms with Crippen LogP contribution in [-0.2, 0) is 0 Å². The van der Waals surface area contributed by atoms with Crippen LogP contribution in [0.15, 0.2) is 18.2 Å². The number of anilines is 1. The number of hydrogen-bond donors (Lipinski definition) is 1. The van der Waals surface area contributed by atoms with E-state index in [1.54, 1.807) is 4.90 Å². The van der Waals surface area contributed by atoms with Crippen LogP contribution in [0.4, 0.5) is 5.69 Å². The van der Waals surface area contributed by atoms with Gasteiger partial charge in [-0.15, -0.1) is 0 Å². The summed E-state index contributed by atoms with van der Waals surface area (Å²) in [7, 11) is 1.81. The van der Waals surface area contributed by atoms with Gasteiger partial charge in [0, 0.05) is 25.8 Å². The molecular weight excluding hydrogens is 250 g/mol. The Hall–Kier alpha value is -2.02. The highest BCUT2D eigenvalue weighted by Crippen LogP contribution is 2.19. The first kappa shape index (κ1) is 16.0. The van der Waals surface area contributed by atoms with Crippen molar-refractivity contribution in [2.45, 2.75) is 27.2 Å². The molecule has 0 saturated heterocycles. The van der Waals surface area contributed by atoms with Gasteiger partial charge in [-0.2, -0.15) is 5.26 Å². The largest absolute Gasteiger partial charge is 0.387 e. The molecular formula is C16H23N3O. The summed E-state index contributed by atoms with van der Waals surface area (Å²) < 4.78 is 0. The summed E-state index contributed by atoms with van der Waals surface area (Å²) in [4.78, 5) is 14.5. The van der Waals surface area contributed by atoms with Crippen molar-refractivity contribution in [1.82, 2.24) is 4.90 Å². The van der Waals surface area contributed by atoms with Gasteiger partial charge in [0.1, 0.15) is 0 Å². The number of benzene rings is 1. The molecule has 0 atom stereocenters. The molecule has 0 unspecified atom stereocenters. The number of rotatable bonds is 6. The predicted molar refractivity (Wildman–Crippen MR) is 81.7 cm³/mol. The highest BCUT2D eigenvalue weighted by molar-refractivity contribution is 5.99. The van der Waals surface area contributed by atoms with E-state index in [0.717, 1.165) is 11.3 Å². The van der Waals surface area contributed by atoms with Crippen LogP contribution in [0.2, 0.25) is 0 Å². The quantitative estimate of drug-likeness (QED) is 0.866. The highest BCUT2D eigenvalue weighted by Gasteiger charge is 2.19. The molecule has 0 aliphatic rings. The molecule has 108 valence electrons. The molecule has 1 rings (SSSR count). The Morgan fingerprint density at radius 3 is 2.70 bits per heavy atom. The molecule has 0 bridgehead atoms. The van der Waals surface area contributed by atoms with Crippen molar-refractivity contribution in [1.29, 1.82) is 5.26 Å². The van der Waals surface area contributed by atoms with E-state index >= 15 is 0 Å². The molecule has 0 aliphatic heterocycles. The molecule has 4 nitrogen and oxygen atoms in total. The van der Waals surface area contributed by atoms with Crippen LogP contribution < -0.4 is 5.32 Å². The van der Waals surface area contributed by atoms with E-state index in [9.17, 15) is 4.79 Å². The molecule has 20 heavy (non-hydrogen) atoms. The zero-order valence-corrected chi connectivity index (χ0v) is 12.7. The lowest BCUT2D eigenvalue weighted by Gasteiger charge is -2.25. The number of nitrogens with zero attached hydrogens (tertiary/aromatic N) is 2. The lowest BCUT2D eigenvalue weighted by atomic mass is 10.1. The van der Waals surface area contributed by atoms with Gasteiger partial charge in [0.2, 0.25) is 0 Å². The van der Waals surface area contributed by atoms with Gasteiger partial charge in [-0.3, -0.25) is 4.79 Å². The zero-order chi connectivity index (χ0) is 15.1. The summed E-state index contributed by atoms with van der Waals surface area (Å²) in [5.41, 5.74) is 2.55. The Bertz CT molecular complexity index is 503. The molecule has 0 aliphatic carbocycles. The van der Waals surface area contributed by atoms with Crippen molar-refractivity contribution in [3.8, 4) is 6.07 Å². The van der Waals surface area contributed by atoms with E-state index in [-0.39, 0.29) is 5.91 Å². The van der Waals surface area contributed by atoms with Gasteiger partial charge in [-0.25, -0.2) is 0 Å². The first-order valence-electron chi connectivity index (χ1n) is 6.94. The minimum Gasteiger partial charge on any atom is -0.387 e. The van der Waals surface area contributed by atoms with Crippen LogP contribution in [0, 0.1) is 24.2 Å². The summed E-state index contributed by atoms with van der Waals surface area (Å²) >= 11 is 0. The molecule has 0 spiro atoms. The van der Waals surface area contributed by atoms with Gasteiger partial charge in [-0.05, 0) is 25.0 Å². The molecule has 1 aromatic carbocycles. The maximum absolute atomic E-state index is 12.7. The monoisotopic (exact) mass is 273 g/mol. The number of aryl methyl sites for hydroxylation is 1. The lowest BCUT2D eigenvalue weighted by molar-refractivity contribution is 0.0741. The van der Waals surface area contributed by atoms with Crippen molar-refractivity contribution in [3.63, 3.8) is 0 Å². The number of carbonyl (C=O) groups is 1. The smallest absolute Gasteiger partial charge is 0.256 e. The van der Waals surface area contributed by atoms with E-state index in [2.05, 4.69) is 25.2 Å². The van der Waals surface area contributed by atoms with E-state index in [4.69, 9.17) is 5.26 Å². The minimum absolute atomic E-state index is 0.0120. The number of hydrogen-bond acceptors (Lipinski definition) is 3. The van der Waals surface area contributed by atoms with Crippen LogP contribution in [0.25, 0.3) is 0 Å². The van der Waals surface area contributed by atoms with Crippen LogP contribution in [0.3, 0.4) is 0 Å². The predicted octanol–water partition coefficient (Wildman–Crippen LogP) is 3.05. The Morgan fingerprint density at radius 2 is 2.15 bits per heavy atom. The molecule has 0 radical (unpaired) electrons. The maximum Gasteiger partial charge on any atom is 0.256 e. The second kappa shape index (κ2) is 7.54. The first-order chi connectivity index (χ1) is 9.49. The number of nitriles is 1. The molecule has 0 fully saturated rings. The van der Waals surface area contributed by atoms with Gasteiger partial charge in [0.15, 0.2) is 0 Å². The van der Waals surface area contributed by atoms with E-state index in [1.165, 1.54) is 0 Å². The van der Waals surface area contributed by atoms with E-state index in [1.807, 2.05) is 32.2 Å². The van der Waals surface area contributed by atoms with Gasteiger partial charge in [-0.1, -0.05) is 25.5 Å². The summed E-state index contributed by atoms with van der Waals surface area (Å²) in [6, 6.07) is 7.90. The summed E-state index contributed by atoms with van der Waals surface area (Å²) in [6.45, 7) is 7.25. The van der Waals surface area contributed by atoms with Gasteiger partial charge >= 0.3 is 0 Å². The summed E-state index contributed by atoms with van der Waals surface area (Å²) in [5, 5.41) is 11.8. The molecule has 0 heterocycles. The Labute approximate surface area is 121 Å².